The van der Waals surface area contributed by atoms with Crippen molar-refractivity contribution < 1.29 is 23.8 Å². The van der Waals surface area contributed by atoms with Gasteiger partial charge in [-0.3, -0.25) is 9.59 Å². The summed E-state index contributed by atoms with van der Waals surface area (Å²) in [7, 11) is 0. The number of carboxylic acid groups (broad SMARTS) is 1. The van der Waals surface area contributed by atoms with E-state index in [1.54, 1.807) is 12.1 Å². The third-order valence-electron chi connectivity index (χ3n) is 4.53. The van der Waals surface area contributed by atoms with E-state index >= 15 is 0 Å². The fourth-order valence-corrected chi connectivity index (χ4v) is 3.08. The van der Waals surface area contributed by atoms with Crippen molar-refractivity contribution >= 4 is 11.9 Å². The summed E-state index contributed by atoms with van der Waals surface area (Å²) in [5, 5.41) is 11.9. The second-order valence-corrected chi connectivity index (χ2v) is 5.98. The number of ether oxygens (including phenoxy) is 1. The summed E-state index contributed by atoms with van der Waals surface area (Å²) in [6.45, 7) is 0.952. The first-order chi connectivity index (χ1) is 10.5. The maximum Gasteiger partial charge on any atom is 0.307 e. The first kappa shape index (κ1) is 15.0. The molecule has 1 aromatic carbocycles. The molecule has 118 valence electrons. The molecule has 5 nitrogen and oxygen atoms in total. The van der Waals surface area contributed by atoms with E-state index in [1.807, 2.05) is 0 Å². The molecule has 2 fully saturated rings. The Morgan fingerprint density at radius 3 is 2.59 bits per heavy atom. The van der Waals surface area contributed by atoms with E-state index in [2.05, 4.69) is 5.32 Å². The normalized spacial score (nSPS) is 26.2. The number of carbonyl (C=O) groups excluding carboxylic acids is 1. The molecular formula is C16H18FNO4. The number of benzene rings is 1. The van der Waals surface area contributed by atoms with Crippen LogP contribution >= 0.6 is 0 Å². The van der Waals surface area contributed by atoms with Crippen molar-refractivity contribution in [3.05, 3.63) is 35.6 Å². The molecule has 22 heavy (non-hydrogen) atoms. The van der Waals surface area contributed by atoms with Gasteiger partial charge in [0.15, 0.2) is 0 Å². The van der Waals surface area contributed by atoms with E-state index in [-0.39, 0.29) is 11.7 Å². The van der Waals surface area contributed by atoms with E-state index in [4.69, 9.17) is 9.84 Å². The van der Waals surface area contributed by atoms with Gasteiger partial charge in [-0.25, -0.2) is 4.39 Å². The van der Waals surface area contributed by atoms with Gasteiger partial charge in [0.2, 0.25) is 5.91 Å². The Kier molecular flexibility index (Phi) is 3.87. The Hall–Kier alpha value is -1.95. The Morgan fingerprint density at radius 1 is 1.27 bits per heavy atom. The molecular weight excluding hydrogens is 289 g/mol. The summed E-state index contributed by atoms with van der Waals surface area (Å²) >= 11 is 0. The average molecular weight is 307 g/mol. The molecule has 0 aromatic heterocycles. The smallest absolute Gasteiger partial charge is 0.307 e. The topological polar surface area (TPSA) is 75.6 Å². The number of rotatable bonds is 4. The highest BCUT2D eigenvalue weighted by molar-refractivity contribution is 5.90. The van der Waals surface area contributed by atoms with Crippen molar-refractivity contribution in [3.8, 4) is 0 Å². The lowest BCUT2D eigenvalue weighted by molar-refractivity contribution is -0.140. The molecule has 1 heterocycles. The van der Waals surface area contributed by atoms with Crippen molar-refractivity contribution in [2.45, 2.75) is 24.8 Å². The molecule has 0 radical (unpaired) electrons. The number of hydrogen-bond donors (Lipinski definition) is 2. The maximum absolute atomic E-state index is 13.5. The average Bonchev–Trinajstić information content (AvgIpc) is 3.29. The monoisotopic (exact) mass is 307 g/mol. The number of amides is 1. The van der Waals surface area contributed by atoms with Crippen LogP contribution in [0.5, 0.6) is 0 Å². The molecule has 2 aliphatic rings. The number of halogens is 1. The van der Waals surface area contributed by atoms with Crippen molar-refractivity contribution in [2.75, 3.05) is 13.2 Å². The van der Waals surface area contributed by atoms with Crippen LogP contribution in [0, 0.1) is 17.7 Å². The highest BCUT2D eigenvalue weighted by Gasteiger charge is 2.50. The summed E-state index contributed by atoms with van der Waals surface area (Å²) < 4.78 is 18.9. The van der Waals surface area contributed by atoms with Crippen LogP contribution in [0.25, 0.3) is 0 Å². The molecule has 1 saturated carbocycles. The summed E-state index contributed by atoms with van der Waals surface area (Å²) in [6, 6.07) is 6.19. The Labute approximate surface area is 127 Å². The van der Waals surface area contributed by atoms with Crippen molar-refractivity contribution in [1.29, 1.82) is 0 Å². The highest BCUT2D eigenvalue weighted by Crippen LogP contribution is 2.41. The molecule has 0 spiro atoms. The van der Waals surface area contributed by atoms with E-state index in [9.17, 15) is 14.0 Å². The SMILES string of the molecule is O=C(O)[C@H]1C[C@H]1C(=O)NC1(c2cccc(F)c2)CCOCC1. The molecule has 3 rings (SSSR count). The fraction of sp³-hybridized carbons (Fsp3) is 0.500. The summed E-state index contributed by atoms with van der Waals surface area (Å²) in [6.07, 6.45) is 1.47. The van der Waals surface area contributed by atoms with Gasteiger partial charge >= 0.3 is 5.97 Å². The molecule has 2 N–H and O–H groups in total. The van der Waals surface area contributed by atoms with Gasteiger partial charge in [-0.1, -0.05) is 12.1 Å². The fourth-order valence-electron chi connectivity index (χ4n) is 3.08. The predicted octanol–water partition coefficient (Wildman–Crippen LogP) is 1.67. The second-order valence-electron chi connectivity index (χ2n) is 5.98. The van der Waals surface area contributed by atoms with Gasteiger partial charge in [0, 0.05) is 13.2 Å². The minimum Gasteiger partial charge on any atom is -0.481 e. The number of nitrogens with one attached hydrogen (secondary N) is 1. The van der Waals surface area contributed by atoms with Crippen LogP contribution in [0.15, 0.2) is 24.3 Å². The second kappa shape index (κ2) is 5.68. The van der Waals surface area contributed by atoms with Crippen LogP contribution in [0.1, 0.15) is 24.8 Å². The summed E-state index contributed by atoms with van der Waals surface area (Å²) in [5.41, 5.74) is 0.0278. The van der Waals surface area contributed by atoms with E-state index < -0.39 is 23.3 Å². The number of carbonyl (C=O) groups is 2. The van der Waals surface area contributed by atoms with Crippen LogP contribution in [-0.2, 0) is 19.9 Å². The molecule has 1 aliphatic carbocycles. The van der Waals surface area contributed by atoms with Gasteiger partial charge in [0.25, 0.3) is 0 Å². The van der Waals surface area contributed by atoms with Gasteiger partial charge in [-0.15, -0.1) is 0 Å². The van der Waals surface area contributed by atoms with Crippen LogP contribution in [-0.4, -0.2) is 30.2 Å². The Morgan fingerprint density at radius 2 is 2.00 bits per heavy atom. The third-order valence-corrected chi connectivity index (χ3v) is 4.53. The highest BCUT2D eigenvalue weighted by atomic mass is 19.1. The molecule has 1 saturated heterocycles. The van der Waals surface area contributed by atoms with Gasteiger partial charge in [0.1, 0.15) is 5.82 Å². The number of aliphatic carboxylic acids is 1. The van der Waals surface area contributed by atoms with Gasteiger partial charge < -0.3 is 15.2 Å². The molecule has 6 heteroatoms. The zero-order valence-corrected chi connectivity index (χ0v) is 12.0. The lowest BCUT2D eigenvalue weighted by Crippen LogP contribution is -2.50. The largest absolute Gasteiger partial charge is 0.481 e. The Bertz CT molecular complexity index is 598. The van der Waals surface area contributed by atoms with Crippen molar-refractivity contribution in [3.63, 3.8) is 0 Å². The van der Waals surface area contributed by atoms with Crippen LogP contribution in [0.3, 0.4) is 0 Å². The summed E-state index contributed by atoms with van der Waals surface area (Å²) in [5.74, 6) is -2.63. The van der Waals surface area contributed by atoms with Crippen LogP contribution in [0.4, 0.5) is 4.39 Å². The molecule has 0 unspecified atom stereocenters. The lowest BCUT2D eigenvalue weighted by Gasteiger charge is -2.38. The van der Waals surface area contributed by atoms with E-state index in [0.717, 1.165) is 0 Å². The van der Waals surface area contributed by atoms with Crippen LogP contribution < -0.4 is 5.32 Å². The molecule has 1 aliphatic heterocycles. The predicted molar refractivity (Wildman–Crippen MR) is 75.5 cm³/mol. The maximum atomic E-state index is 13.5. The zero-order valence-electron chi connectivity index (χ0n) is 12.0. The third kappa shape index (κ3) is 2.83. The van der Waals surface area contributed by atoms with Crippen molar-refractivity contribution in [2.24, 2.45) is 11.8 Å². The van der Waals surface area contributed by atoms with Crippen molar-refractivity contribution in [1.82, 2.24) is 5.32 Å². The molecule has 2 atom stereocenters. The minimum absolute atomic E-state index is 0.265. The zero-order chi connectivity index (χ0) is 15.7. The van der Waals surface area contributed by atoms with Gasteiger partial charge in [-0.2, -0.15) is 0 Å². The lowest BCUT2D eigenvalue weighted by atomic mass is 9.82. The first-order valence-corrected chi connectivity index (χ1v) is 7.40. The Balaban J connectivity index is 1.81. The molecule has 1 aromatic rings. The quantitative estimate of drug-likeness (QED) is 0.887. The molecule has 1 amide bonds. The van der Waals surface area contributed by atoms with Gasteiger partial charge in [-0.05, 0) is 37.0 Å². The van der Waals surface area contributed by atoms with E-state index in [0.29, 0.717) is 38.0 Å². The number of hydrogen-bond acceptors (Lipinski definition) is 3. The standard InChI is InChI=1S/C16H18FNO4/c17-11-3-1-2-10(8-11)16(4-6-22-7-5-16)18-14(19)12-9-13(12)15(20)21/h1-3,8,12-13H,4-7,9H2,(H,18,19)(H,20,21)/t12-,13+/m1/s1. The van der Waals surface area contributed by atoms with E-state index in [1.165, 1.54) is 12.1 Å². The summed E-state index contributed by atoms with van der Waals surface area (Å²) in [4.78, 5) is 23.3. The minimum atomic E-state index is -0.938. The first-order valence-electron chi connectivity index (χ1n) is 7.40. The number of carboxylic acids is 1. The van der Waals surface area contributed by atoms with Crippen LogP contribution in [0.2, 0.25) is 0 Å². The molecule has 0 bridgehead atoms. The van der Waals surface area contributed by atoms with Gasteiger partial charge in [0.05, 0.1) is 17.4 Å².